The first-order valence-electron chi connectivity index (χ1n) is 7.34. The predicted octanol–water partition coefficient (Wildman–Crippen LogP) is 4.72. The second-order valence-electron chi connectivity index (χ2n) is 5.55. The van der Waals surface area contributed by atoms with Crippen molar-refractivity contribution in [2.45, 2.75) is 38.8 Å². The van der Waals surface area contributed by atoms with Crippen molar-refractivity contribution in [1.82, 2.24) is 5.32 Å². The summed E-state index contributed by atoms with van der Waals surface area (Å²) in [5.41, 5.74) is 2.45. The van der Waals surface area contributed by atoms with Crippen LogP contribution in [0.15, 0.2) is 48.5 Å². The van der Waals surface area contributed by atoms with Crippen molar-refractivity contribution in [2.24, 2.45) is 0 Å². The average molecular weight is 304 g/mol. The van der Waals surface area contributed by atoms with Crippen molar-refractivity contribution in [3.8, 4) is 5.75 Å². The van der Waals surface area contributed by atoms with Gasteiger partial charge in [0.05, 0.1) is 0 Å². The highest BCUT2D eigenvalue weighted by molar-refractivity contribution is 6.30. The Hall–Kier alpha value is -1.51. The Balaban J connectivity index is 1.83. The van der Waals surface area contributed by atoms with Gasteiger partial charge >= 0.3 is 0 Å². The van der Waals surface area contributed by atoms with E-state index in [2.05, 4.69) is 25.2 Å². The van der Waals surface area contributed by atoms with E-state index >= 15 is 0 Å². The Kier molecular flexibility index (Phi) is 5.66. The normalized spacial score (nSPS) is 13.9. The first kappa shape index (κ1) is 15.9. The molecular formula is C18H22ClNO. The van der Waals surface area contributed by atoms with Crippen LogP contribution in [0.1, 0.15) is 37.4 Å². The molecule has 2 rings (SSSR count). The summed E-state index contributed by atoms with van der Waals surface area (Å²) in [5.74, 6) is 0.319. The largest absolute Gasteiger partial charge is 0.508 e. The molecule has 0 aliphatic heterocycles. The zero-order chi connectivity index (χ0) is 15.2. The van der Waals surface area contributed by atoms with Gasteiger partial charge in [-0.3, -0.25) is 0 Å². The van der Waals surface area contributed by atoms with Gasteiger partial charge in [0, 0.05) is 17.1 Å². The third-order valence-electron chi connectivity index (χ3n) is 3.69. The van der Waals surface area contributed by atoms with Crippen LogP contribution >= 0.6 is 11.6 Å². The van der Waals surface area contributed by atoms with Gasteiger partial charge in [-0.25, -0.2) is 0 Å². The van der Waals surface area contributed by atoms with E-state index in [-0.39, 0.29) is 6.04 Å². The molecule has 0 spiro atoms. The number of hydrogen-bond donors (Lipinski definition) is 2. The van der Waals surface area contributed by atoms with Crippen LogP contribution in [0.25, 0.3) is 0 Å². The van der Waals surface area contributed by atoms with Crippen molar-refractivity contribution in [3.63, 3.8) is 0 Å². The quantitative estimate of drug-likeness (QED) is 0.809. The number of nitrogens with one attached hydrogen (secondary N) is 1. The van der Waals surface area contributed by atoms with Gasteiger partial charge in [0.25, 0.3) is 0 Å². The Bertz CT molecular complexity index is 568. The fourth-order valence-corrected chi connectivity index (χ4v) is 2.63. The summed E-state index contributed by atoms with van der Waals surface area (Å²) in [7, 11) is 0. The van der Waals surface area contributed by atoms with Crippen LogP contribution in [0.2, 0.25) is 5.02 Å². The van der Waals surface area contributed by atoms with E-state index in [0.717, 1.165) is 17.9 Å². The molecule has 2 aromatic carbocycles. The van der Waals surface area contributed by atoms with Gasteiger partial charge in [0.15, 0.2) is 0 Å². The number of hydrogen-bond acceptors (Lipinski definition) is 2. The standard InChI is InChI=1S/C18H22ClNO/c1-13(6-7-15-8-10-18(21)11-9-15)20-14(2)16-4-3-5-17(19)12-16/h3-5,8-14,20-21H,6-7H2,1-2H3. The van der Waals surface area contributed by atoms with Crippen LogP contribution in [0.3, 0.4) is 0 Å². The second-order valence-corrected chi connectivity index (χ2v) is 5.99. The maximum Gasteiger partial charge on any atom is 0.115 e. The Morgan fingerprint density at radius 3 is 2.48 bits per heavy atom. The molecule has 112 valence electrons. The monoisotopic (exact) mass is 303 g/mol. The SMILES string of the molecule is CC(CCc1ccc(O)cc1)NC(C)c1cccc(Cl)c1. The molecule has 2 atom stereocenters. The second kappa shape index (κ2) is 7.48. The van der Waals surface area contributed by atoms with E-state index in [1.165, 1.54) is 11.1 Å². The van der Waals surface area contributed by atoms with Crippen molar-refractivity contribution >= 4 is 11.6 Å². The first-order valence-corrected chi connectivity index (χ1v) is 7.72. The number of benzene rings is 2. The summed E-state index contributed by atoms with van der Waals surface area (Å²) in [5, 5.41) is 13.7. The molecular weight excluding hydrogens is 282 g/mol. The molecule has 0 aliphatic rings. The van der Waals surface area contributed by atoms with Crippen molar-refractivity contribution < 1.29 is 5.11 Å². The van der Waals surface area contributed by atoms with E-state index in [9.17, 15) is 5.11 Å². The van der Waals surface area contributed by atoms with E-state index in [0.29, 0.717) is 11.8 Å². The zero-order valence-electron chi connectivity index (χ0n) is 12.5. The molecule has 3 heteroatoms. The van der Waals surface area contributed by atoms with E-state index in [4.69, 9.17) is 11.6 Å². The highest BCUT2D eigenvalue weighted by Crippen LogP contribution is 2.19. The number of rotatable bonds is 6. The molecule has 0 aromatic heterocycles. The van der Waals surface area contributed by atoms with Gasteiger partial charge in [0.2, 0.25) is 0 Å². The van der Waals surface area contributed by atoms with Crippen molar-refractivity contribution in [1.29, 1.82) is 0 Å². The number of aryl methyl sites for hydroxylation is 1. The lowest BCUT2D eigenvalue weighted by Gasteiger charge is -2.20. The summed E-state index contributed by atoms with van der Waals surface area (Å²) in [6.07, 6.45) is 2.05. The summed E-state index contributed by atoms with van der Waals surface area (Å²) in [6.45, 7) is 4.35. The molecule has 0 fully saturated rings. The molecule has 0 heterocycles. The van der Waals surface area contributed by atoms with E-state index in [1.807, 2.05) is 30.3 Å². The summed E-state index contributed by atoms with van der Waals surface area (Å²) < 4.78 is 0. The third kappa shape index (κ3) is 5.07. The molecule has 21 heavy (non-hydrogen) atoms. The van der Waals surface area contributed by atoms with Gasteiger partial charge < -0.3 is 10.4 Å². The Morgan fingerprint density at radius 1 is 1.10 bits per heavy atom. The lowest BCUT2D eigenvalue weighted by Crippen LogP contribution is -2.29. The van der Waals surface area contributed by atoms with E-state index in [1.54, 1.807) is 12.1 Å². The van der Waals surface area contributed by atoms with Crippen LogP contribution < -0.4 is 5.32 Å². The van der Waals surface area contributed by atoms with Crippen molar-refractivity contribution in [2.75, 3.05) is 0 Å². The Morgan fingerprint density at radius 2 is 1.81 bits per heavy atom. The topological polar surface area (TPSA) is 32.3 Å². The van der Waals surface area contributed by atoms with Crippen LogP contribution in [0.4, 0.5) is 0 Å². The highest BCUT2D eigenvalue weighted by atomic mass is 35.5. The lowest BCUT2D eigenvalue weighted by molar-refractivity contribution is 0.456. The maximum absolute atomic E-state index is 9.28. The number of phenols is 1. The van der Waals surface area contributed by atoms with Gasteiger partial charge in [-0.15, -0.1) is 0 Å². The minimum Gasteiger partial charge on any atom is -0.508 e. The molecule has 0 bridgehead atoms. The molecule has 2 N–H and O–H groups in total. The number of phenolic OH excluding ortho intramolecular Hbond substituents is 1. The lowest BCUT2D eigenvalue weighted by atomic mass is 10.0. The van der Waals surface area contributed by atoms with Crippen molar-refractivity contribution in [3.05, 3.63) is 64.7 Å². The van der Waals surface area contributed by atoms with Gasteiger partial charge in [-0.05, 0) is 62.1 Å². The molecule has 2 nitrogen and oxygen atoms in total. The van der Waals surface area contributed by atoms with Gasteiger partial charge in [0.1, 0.15) is 5.75 Å². The Labute approximate surface area is 131 Å². The van der Waals surface area contributed by atoms with Gasteiger partial charge in [-0.2, -0.15) is 0 Å². The molecule has 2 unspecified atom stereocenters. The average Bonchev–Trinajstić information content (AvgIpc) is 2.46. The predicted molar refractivity (Wildman–Crippen MR) is 88.9 cm³/mol. The summed E-state index contributed by atoms with van der Waals surface area (Å²) in [4.78, 5) is 0. The number of halogens is 1. The summed E-state index contributed by atoms with van der Waals surface area (Å²) >= 11 is 6.03. The van der Waals surface area contributed by atoms with Crippen LogP contribution in [-0.2, 0) is 6.42 Å². The van der Waals surface area contributed by atoms with E-state index < -0.39 is 0 Å². The smallest absolute Gasteiger partial charge is 0.115 e. The molecule has 0 saturated carbocycles. The fraction of sp³-hybridized carbons (Fsp3) is 0.333. The number of aromatic hydroxyl groups is 1. The molecule has 0 radical (unpaired) electrons. The first-order chi connectivity index (χ1) is 10.0. The minimum absolute atomic E-state index is 0.276. The maximum atomic E-state index is 9.28. The fourth-order valence-electron chi connectivity index (χ4n) is 2.43. The molecule has 2 aromatic rings. The molecule has 0 aliphatic carbocycles. The zero-order valence-corrected chi connectivity index (χ0v) is 13.3. The minimum atomic E-state index is 0.276. The third-order valence-corrected chi connectivity index (χ3v) is 3.92. The van der Waals surface area contributed by atoms with Gasteiger partial charge in [-0.1, -0.05) is 35.9 Å². The van der Waals surface area contributed by atoms with Crippen LogP contribution in [0, 0.1) is 0 Å². The van der Waals surface area contributed by atoms with Crippen LogP contribution in [-0.4, -0.2) is 11.1 Å². The molecule has 0 amide bonds. The van der Waals surface area contributed by atoms with Crippen LogP contribution in [0.5, 0.6) is 5.75 Å². The summed E-state index contributed by atoms with van der Waals surface area (Å²) in [6, 6.07) is 16.1. The molecule has 0 saturated heterocycles. The highest BCUT2D eigenvalue weighted by Gasteiger charge is 2.10.